The maximum absolute atomic E-state index is 12.3. The second kappa shape index (κ2) is 8.10. The first-order chi connectivity index (χ1) is 10.3. The van der Waals surface area contributed by atoms with Crippen molar-refractivity contribution in [2.45, 2.75) is 24.8 Å². The Bertz CT molecular complexity index is 628. The topological polar surface area (TPSA) is 78.5 Å². The molecular formula is C15H24ClN3O3S. The fraction of sp³-hybridized carbons (Fsp3) is 0.533. The number of amides is 1. The number of sulfonamides is 1. The lowest BCUT2D eigenvalue weighted by atomic mass is 10.0. The van der Waals surface area contributed by atoms with Crippen molar-refractivity contribution < 1.29 is 13.2 Å². The minimum absolute atomic E-state index is 0. The van der Waals surface area contributed by atoms with Crippen LogP contribution in [-0.4, -0.2) is 51.4 Å². The average molecular weight is 362 g/mol. The average Bonchev–Trinajstić information content (AvgIpc) is 2.44. The van der Waals surface area contributed by atoms with E-state index in [4.69, 9.17) is 0 Å². The number of nitrogens with zero attached hydrogens (tertiary/aromatic N) is 1. The molecule has 0 saturated carbocycles. The Hall–Kier alpha value is -1.15. The number of nitrogens with one attached hydrogen (secondary N) is 2. The molecule has 0 aliphatic carbocycles. The Morgan fingerprint density at radius 2 is 1.87 bits per heavy atom. The van der Waals surface area contributed by atoms with Crippen LogP contribution in [0.5, 0.6) is 0 Å². The third kappa shape index (κ3) is 4.67. The number of carbonyl (C=O) groups excluding carboxylic acids is 1. The fourth-order valence-corrected chi connectivity index (χ4v) is 3.42. The highest BCUT2D eigenvalue weighted by Gasteiger charge is 2.23. The molecule has 1 aliphatic heterocycles. The predicted molar refractivity (Wildman–Crippen MR) is 92.5 cm³/mol. The van der Waals surface area contributed by atoms with E-state index in [9.17, 15) is 13.2 Å². The van der Waals surface area contributed by atoms with Crippen molar-refractivity contribution in [3.8, 4) is 0 Å². The smallest absolute Gasteiger partial charge is 0.251 e. The molecule has 1 aliphatic rings. The lowest BCUT2D eigenvalue weighted by molar-refractivity contribution is 0.0942. The van der Waals surface area contributed by atoms with Crippen LogP contribution in [0.25, 0.3) is 0 Å². The summed E-state index contributed by atoms with van der Waals surface area (Å²) in [6.07, 6.45) is 0. The van der Waals surface area contributed by atoms with Crippen molar-refractivity contribution in [1.82, 2.24) is 14.9 Å². The van der Waals surface area contributed by atoms with Crippen LogP contribution in [0.1, 0.15) is 24.2 Å². The van der Waals surface area contributed by atoms with Gasteiger partial charge in [-0.3, -0.25) is 4.79 Å². The van der Waals surface area contributed by atoms with Gasteiger partial charge in [0, 0.05) is 44.2 Å². The summed E-state index contributed by atoms with van der Waals surface area (Å²) in [4.78, 5) is 12.2. The van der Waals surface area contributed by atoms with Crippen molar-refractivity contribution in [2.75, 3.05) is 26.7 Å². The van der Waals surface area contributed by atoms with E-state index in [1.165, 1.54) is 16.4 Å². The van der Waals surface area contributed by atoms with E-state index in [0.29, 0.717) is 18.0 Å². The summed E-state index contributed by atoms with van der Waals surface area (Å²) in [5, 5.41) is 6.01. The van der Waals surface area contributed by atoms with Gasteiger partial charge in [-0.25, -0.2) is 8.42 Å². The number of hydrogen-bond acceptors (Lipinski definition) is 4. The molecule has 1 amide bonds. The highest BCUT2D eigenvalue weighted by Crippen LogP contribution is 2.17. The molecule has 0 unspecified atom stereocenters. The van der Waals surface area contributed by atoms with Gasteiger partial charge < -0.3 is 10.6 Å². The summed E-state index contributed by atoms with van der Waals surface area (Å²) in [5.41, 5.74) is 0.471. The zero-order valence-corrected chi connectivity index (χ0v) is 15.2. The van der Waals surface area contributed by atoms with Crippen molar-refractivity contribution in [1.29, 1.82) is 0 Å². The van der Waals surface area contributed by atoms with Crippen molar-refractivity contribution >= 4 is 28.3 Å². The van der Waals surface area contributed by atoms with Crippen molar-refractivity contribution in [3.05, 3.63) is 29.8 Å². The van der Waals surface area contributed by atoms with E-state index in [-0.39, 0.29) is 29.3 Å². The largest absolute Gasteiger partial charge is 0.352 e. The van der Waals surface area contributed by atoms with Crippen LogP contribution in [0.15, 0.2) is 29.2 Å². The summed E-state index contributed by atoms with van der Waals surface area (Å²) < 4.78 is 26.0. The van der Waals surface area contributed by atoms with Gasteiger partial charge in [0.1, 0.15) is 0 Å². The molecule has 130 valence electrons. The number of rotatable bonds is 6. The Kier molecular flexibility index (Phi) is 7.01. The van der Waals surface area contributed by atoms with Gasteiger partial charge in [-0.15, -0.1) is 12.4 Å². The standard InChI is InChI=1S/C15H23N3O3S.ClH/c1-11(2)18(3)22(20,21)14-6-4-13(5-7-14)15(19)17-10-12-8-16-9-12;/h4-7,11-12,16H,8-10H2,1-3H3,(H,17,19);1H. The van der Waals surface area contributed by atoms with E-state index >= 15 is 0 Å². The van der Waals surface area contributed by atoms with E-state index in [0.717, 1.165) is 13.1 Å². The van der Waals surface area contributed by atoms with Gasteiger partial charge >= 0.3 is 0 Å². The van der Waals surface area contributed by atoms with Gasteiger partial charge in [0.2, 0.25) is 10.0 Å². The molecule has 0 radical (unpaired) electrons. The Labute approximate surface area is 144 Å². The van der Waals surface area contributed by atoms with E-state index in [1.807, 2.05) is 13.8 Å². The zero-order valence-electron chi connectivity index (χ0n) is 13.6. The number of halogens is 1. The van der Waals surface area contributed by atoms with Crippen molar-refractivity contribution in [2.24, 2.45) is 5.92 Å². The molecule has 1 fully saturated rings. The Morgan fingerprint density at radius 3 is 2.30 bits per heavy atom. The van der Waals surface area contributed by atoms with Gasteiger partial charge in [-0.05, 0) is 38.1 Å². The second-order valence-corrected chi connectivity index (χ2v) is 7.87. The predicted octanol–water partition coefficient (Wildman–Crippen LogP) is 1.09. The molecule has 0 atom stereocenters. The third-order valence-corrected chi connectivity index (χ3v) is 5.99. The van der Waals surface area contributed by atoms with Gasteiger partial charge in [0.05, 0.1) is 4.90 Å². The third-order valence-electron chi connectivity index (χ3n) is 3.94. The quantitative estimate of drug-likeness (QED) is 0.795. The second-order valence-electron chi connectivity index (χ2n) is 5.87. The summed E-state index contributed by atoms with van der Waals surface area (Å²) in [6.45, 7) is 6.13. The normalized spacial score (nSPS) is 15.2. The van der Waals surface area contributed by atoms with Crippen LogP contribution in [-0.2, 0) is 10.0 Å². The molecule has 2 N–H and O–H groups in total. The summed E-state index contributed by atoms with van der Waals surface area (Å²) in [5.74, 6) is 0.316. The molecule has 8 heteroatoms. The van der Waals surface area contributed by atoms with Crippen LogP contribution in [0.2, 0.25) is 0 Å². The first kappa shape index (κ1) is 19.9. The Balaban J connectivity index is 0.00000264. The molecule has 23 heavy (non-hydrogen) atoms. The molecule has 0 bridgehead atoms. The molecule has 1 aromatic carbocycles. The number of hydrogen-bond donors (Lipinski definition) is 2. The maximum atomic E-state index is 12.3. The summed E-state index contributed by atoms with van der Waals surface area (Å²) in [6, 6.07) is 5.94. The van der Waals surface area contributed by atoms with Gasteiger partial charge in [0.15, 0.2) is 0 Å². The van der Waals surface area contributed by atoms with Gasteiger partial charge in [-0.1, -0.05) is 0 Å². The summed E-state index contributed by atoms with van der Waals surface area (Å²) >= 11 is 0. The van der Waals surface area contributed by atoms with Crippen molar-refractivity contribution in [3.63, 3.8) is 0 Å². The van der Waals surface area contributed by atoms with E-state index < -0.39 is 10.0 Å². The molecule has 2 rings (SSSR count). The first-order valence-corrected chi connectivity index (χ1v) is 8.83. The maximum Gasteiger partial charge on any atom is 0.251 e. The lowest BCUT2D eigenvalue weighted by Crippen LogP contribution is -2.48. The number of carbonyl (C=O) groups is 1. The van der Waals surface area contributed by atoms with Crippen LogP contribution < -0.4 is 10.6 Å². The molecule has 6 nitrogen and oxygen atoms in total. The highest BCUT2D eigenvalue weighted by atomic mass is 35.5. The molecule has 0 spiro atoms. The molecule has 0 aromatic heterocycles. The summed E-state index contributed by atoms with van der Waals surface area (Å²) in [7, 11) is -1.96. The molecule has 1 saturated heterocycles. The molecule has 1 aromatic rings. The SMILES string of the molecule is CC(C)N(C)S(=O)(=O)c1ccc(C(=O)NCC2CNC2)cc1.Cl. The van der Waals surface area contributed by atoms with Gasteiger partial charge in [-0.2, -0.15) is 4.31 Å². The number of benzene rings is 1. The van der Waals surface area contributed by atoms with Crippen LogP contribution >= 0.6 is 12.4 Å². The molecule has 1 heterocycles. The van der Waals surface area contributed by atoms with Crippen LogP contribution in [0, 0.1) is 5.92 Å². The lowest BCUT2D eigenvalue weighted by Gasteiger charge is -2.27. The Morgan fingerprint density at radius 1 is 1.30 bits per heavy atom. The van der Waals surface area contributed by atoms with E-state index in [2.05, 4.69) is 10.6 Å². The fourth-order valence-electron chi connectivity index (χ4n) is 2.05. The minimum Gasteiger partial charge on any atom is -0.352 e. The van der Waals surface area contributed by atoms with E-state index in [1.54, 1.807) is 19.2 Å². The highest BCUT2D eigenvalue weighted by molar-refractivity contribution is 7.89. The van der Waals surface area contributed by atoms with Gasteiger partial charge in [0.25, 0.3) is 5.91 Å². The minimum atomic E-state index is -3.51. The van der Waals surface area contributed by atoms with Crippen LogP contribution in [0.3, 0.4) is 0 Å². The monoisotopic (exact) mass is 361 g/mol. The molecular weight excluding hydrogens is 338 g/mol. The first-order valence-electron chi connectivity index (χ1n) is 7.39. The van der Waals surface area contributed by atoms with Crippen LogP contribution in [0.4, 0.5) is 0 Å². The zero-order chi connectivity index (χ0) is 16.3.